The van der Waals surface area contributed by atoms with Gasteiger partial charge in [0.25, 0.3) is 5.91 Å². The third kappa shape index (κ3) is 2.77. The van der Waals surface area contributed by atoms with E-state index in [1.54, 1.807) is 11.4 Å². The molecule has 4 nitrogen and oxygen atoms in total. The maximum absolute atomic E-state index is 11.9. The molecule has 2 aromatic heterocycles. The SMILES string of the molecule is COc1ccsc1C(=O)Nc1nc(CCl)cs1. The van der Waals surface area contributed by atoms with Crippen LogP contribution in [0.1, 0.15) is 15.4 Å². The highest BCUT2D eigenvalue weighted by atomic mass is 35.5. The number of carbonyl (C=O) groups is 1. The van der Waals surface area contributed by atoms with E-state index in [0.717, 1.165) is 5.69 Å². The van der Waals surface area contributed by atoms with Crippen molar-refractivity contribution < 1.29 is 9.53 Å². The number of methoxy groups -OCH3 is 1. The minimum absolute atomic E-state index is 0.215. The molecule has 0 spiro atoms. The smallest absolute Gasteiger partial charge is 0.271 e. The fourth-order valence-electron chi connectivity index (χ4n) is 1.20. The standard InChI is InChI=1S/C10H9ClN2O2S2/c1-15-7-2-3-16-8(7)9(14)13-10-12-6(4-11)5-17-10/h2-3,5H,4H2,1H3,(H,12,13,14). The molecule has 0 saturated carbocycles. The van der Waals surface area contributed by atoms with Gasteiger partial charge in [-0.25, -0.2) is 4.98 Å². The van der Waals surface area contributed by atoms with Crippen LogP contribution in [0.15, 0.2) is 16.8 Å². The average Bonchev–Trinajstić information content (AvgIpc) is 2.96. The first-order chi connectivity index (χ1) is 8.24. The second-order valence-electron chi connectivity index (χ2n) is 3.05. The highest BCUT2D eigenvalue weighted by molar-refractivity contribution is 7.14. The topological polar surface area (TPSA) is 51.2 Å². The van der Waals surface area contributed by atoms with Crippen molar-refractivity contribution in [3.05, 3.63) is 27.4 Å². The van der Waals surface area contributed by atoms with Crippen molar-refractivity contribution in [1.29, 1.82) is 0 Å². The number of amides is 1. The first-order valence-electron chi connectivity index (χ1n) is 4.67. The predicted molar refractivity (Wildman–Crippen MR) is 70.5 cm³/mol. The quantitative estimate of drug-likeness (QED) is 0.879. The van der Waals surface area contributed by atoms with E-state index in [4.69, 9.17) is 16.3 Å². The van der Waals surface area contributed by atoms with Gasteiger partial charge in [-0.05, 0) is 11.4 Å². The van der Waals surface area contributed by atoms with Crippen molar-refractivity contribution in [3.63, 3.8) is 0 Å². The number of nitrogens with one attached hydrogen (secondary N) is 1. The second-order valence-corrected chi connectivity index (χ2v) is 5.09. The number of hydrogen-bond acceptors (Lipinski definition) is 5. The molecule has 0 saturated heterocycles. The number of rotatable bonds is 4. The molecule has 2 heterocycles. The normalized spacial score (nSPS) is 10.2. The van der Waals surface area contributed by atoms with Crippen LogP contribution in [0, 0.1) is 0 Å². The molecule has 1 N–H and O–H groups in total. The van der Waals surface area contributed by atoms with Crippen LogP contribution >= 0.6 is 34.3 Å². The zero-order valence-corrected chi connectivity index (χ0v) is 11.3. The minimum atomic E-state index is -0.215. The van der Waals surface area contributed by atoms with E-state index in [1.165, 1.54) is 29.8 Å². The Morgan fingerprint density at radius 3 is 3.06 bits per heavy atom. The summed E-state index contributed by atoms with van der Waals surface area (Å²) in [5.74, 6) is 0.697. The van der Waals surface area contributed by atoms with Gasteiger partial charge in [-0.2, -0.15) is 0 Å². The summed E-state index contributed by atoms with van der Waals surface area (Å²) < 4.78 is 5.08. The van der Waals surface area contributed by atoms with Gasteiger partial charge in [-0.1, -0.05) is 0 Å². The number of ether oxygens (including phenoxy) is 1. The first-order valence-corrected chi connectivity index (χ1v) is 6.97. The molecule has 90 valence electrons. The summed E-state index contributed by atoms with van der Waals surface area (Å²) in [5.41, 5.74) is 0.755. The van der Waals surface area contributed by atoms with Gasteiger partial charge in [0.15, 0.2) is 5.13 Å². The van der Waals surface area contributed by atoms with E-state index in [2.05, 4.69) is 10.3 Å². The molecule has 0 aliphatic rings. The number of alkyl halides is 1. The zero-order chi connectivity index (χ0) is 12.3. The number of thiophene rings is 1. The van der Waals surface area contributed by atoms with Gasteiger partial charge in [0, 0.05) is 5.38 Å². The van der Waals surface area contributed by atoms with Gasteiger partial charge in [0.2, 0.25) is 0 Å². The maximum atomic E-state index is 11.9. The van der Waals surface area contributed by atoms with Crippen LogP contribution in [0.5, 0.6) is 5.75 Å². The Bertz CT molecular complexity index is 524. The maximum Gasteiger partial charge on any atom is 0.271 e. The Labute approximate surface area is 111 Å². The third-order valence-electron chi connectivity index (χ3n) is 1.96. The number of hydrogen-bond donors (Lipinski definition) is 1. The summed E-state index contributed by atoms with van der Waals surface area (Å²) in [6.07, 6.45) is 0. The lowest BCUT2D eigenvalue weighted by molar-refractivity contribution is 0.102. The molecule has 0 fully saturated rings. The van der Waals surface area contributed by atoms with Gasteiger partial charge in [-0.3, -0.25) is 10.1 Å². The highest BCUT2D eigenvalue weighted by Gasteiger charge is 2.15. The van der Waals surface area contributed by atoms with Crippen molar-refractivity contribution in [1.82, 2.24) is 4.98 Å². The van der Waals surface area contributed by atoms with Crippen molar-refractivity contribution in [2.45, 2.75) is 5.88 Å². The van der Waals surface area contributed by atoms with Crippen molar-refractivity contribution in [2.75, 3.05) is 12.4 Å². The number of thiazole rings is 1. The Hall–Kier alpha value is -1.11. The second kappa shape index (κ2) is 5.48. The summed E-state index contributed by atoms with van der Waals surface area (Å²) >= 11 is 8.31. The molecule has 0 aliphatic carbocycles. The summed E-state index contributed by atoms with van der Waals surface area (Å²) in [4.78, 5) is 16.6. The van der Waals surface area contributed by atoms with Crippen LogP contribution < -0.4 is 10.1 Å². The summed E-state index contributed by atoms with van der Waals surface area (Å²) in [5, 5.41) is 6.88. The van der Waals surface area contributed by atoms with Crippen LogP contribution in [-0.2, 0) is 5.88 Å². The van der Waals surface area contributed by atoms with E-state index >= 15 is 0 Å². The molecule has 0 aliphatic heterocycles. The van der Waals surface area contributed by atoms with E-state index in [0.29, 0.717) is 21.6 Å². The van der Waals surface area contributed by atoms with Crippen LogP contribution in [0.2, 0.25) is 0 Å². The minimum Gasteiger partial charge on any atom is -0.495 e. The van der Waals surface area contributed by atoms with Gasteiger partial charge in [0.05, 0.1) is 18.7 Å². The number of halogens is 1. The van der Waals surface area contributed by atoms with Gasteiger partial charge in [0.1, 0.15) is 10.6 Å². The number of carbonyl (C=O) groups excluding carboxylic acids is 1. The predicted octanol–water partition coefficient (Wildman–Crippen LogP) is 3.20. The molecule has 0 atom stereocenters. The largest absolute Gasteiger partial charge is 0.495 e. The van der Waals surface area contributed by atoms with E-state index in [1.807, 2.05) is 5.38 Å². The van der Waals surface area contributed by atoms with Crippen molar-refractivity contribution >= 4 is 45.3 Å². The molecule has 17 heavy (non-hydrogen) atoms. The Morgan fingerprint density at radius 2 is 2.41 bits per heavy atom. The zero-order valence-electron chi connectivity index (χ0n) is 8.90. The molecule has 2 rings (SSSR count). The lowest BCUT2D eigenvalue weighted by Gasteiger charge is -2.01. The third-order valence-corrected chi connectivity index (χ3v) is 3.94. The monoisotopic (exact) mass is 288 g/mol. The van der Waals surface area contributed by atoms with E-state index < -0.39 is 0 Å². The number of nitrogens with zero attached hydrogens (tertiary/aromatic N) is 1. The summed E-state index contributed by atoms with van der Waals surface area (Å²) in [7, 11) is 1.54. The highest BCUT2D eigenvalue weighted by Crippen LogP contribution is 2.26. The first kappa shape index (κ1) is 12.3. The Balaban J connectivity index is 2.11. The van der Waals surface area contributed by atoms with Gasteiger partial charge < -0.3 is 4.74 Å². The number of aromatic nitrogens is 1. The lowest BCUT2D eigenvalue weighted by Crippen LogP contribution is -2.11. The Kier molecular flexibility index (Phi) is 3.98. The van der Waals surface area contributed by atoms with Gasteiger partial charge in [-0.15, -0.1) is 34.3 Å². The van der Waals surface area contributed by atoms with Crippen molar-refractivity contribution in [2.24, 2.45) is 0 Å². The van der Waals surface area contributed by atoms with Crippen LogP contribution in [-0.4, -0.2) is 18.0 Å². The lowest BCUT2D eigenvalue weighted by atomic mass is 10.4. The molecule has 0 bridgehead atoms. The Morgan fingerprint density at radius 1 is 1.59 bits per heavy atom. The summed E-state index contributed by atoms with van der Waals surface area (Å²) in [6, 6.07) is 1.76. The van der Waals surface area contributed by atoms with Gasteiger partial charge >= 0.3 is 0 Å². The van der Waals surface area contributed by atoms with Crippen LogP contribution in [0.4, 0.5) is 5.13 Å². The molecule has 0 unspecified atom stereocenters. The molecule has 0 radical (unpaired) electrons. The molecule has 7 heteroatoms. The molecular formula is C10H9ClN2O2S2. The molecule has 2 aromatic rings. The molecule has 1 amide bonds. The van der Waals surface area contributed by atoms with E-state index in [-0.39, 0.29) is 5.91 Å². The number of anilines is 1. The fourth-order valence-corrected chi connectivity index (χ4v) is 2.89. The van der Waals surface area contributed by atoms with E-state index in [9.17, 15) is 4.79 Å². The molecular weight excluding hydrogens is 280 g/mol. The van der Waals surface area contributed by atoms with Crippen molar-refractivity contribution in [3.8, 4) is 5.75 Å². The van der Waals surface area contributed by atoms with Crippen LogP contribution in [0.3, 0.4) is 0 Å². The summed E-state index contributed by atoms with van der Waals surface area (Å²) in [6.45, 7) is 0. The molecule has 0 aromatic carbocycles. The van der Waals surface area contributed by atoms with Crippen LogP contribution in [0.25, 0.3) is 0 Å². The average molecular weight is 289 g/mol. The fraction of sp³-hybridized carbons (Fsp3) is 0.200.